The fourth-order valence-electron chi connectivity index (χ4n) is 3.79. The first-order chi connectivity index (χ1) is 14.5. The quantitative estimate of drug-likeness (QED) is 0.393. The topological polar surface area (TPSA) is 52.0 Å². The van der Waals surface area contributed by atoms with Gasteiger partial charge in [0, 0.05) is 10.4 Å². The lowest BCUT2D eigenvalue weighted by Gasteiger charge is -2.10. The minimum atomic E-state index is -0.158. The van der Waals surface area contributed by atoms with Crippen molar-refractivity contribution in [2.24, 2.45) is 0 Å². The zero-order valence-electron chi connectivity index (χ0n) is 17.4. The Hall–Kier alpha value is -3.05. The number of hydrogen-bond donors (Lipinski definition) is 0. The van der Waals surface area contributed by atoms with E-state index in [0.29, 0.717) is 15.8 Å². The number of thiophene rings is 1. The van der Waals surface area contributed by atoms with Crippen LogP contribution in [0.1, 0.15) is 40.9 Å². The number of hydrogen-bond acceptors (Lipinski definition) is 4. The Morgan fingerprint density at radius 3 is 2.53 bits per heavy atom. The van der Waals surface area contributed by atoms with Crippen molar-refractivity contribution in [2.45, 2.75) is 40.2 Å². The predicted molar refractivity (Wildman–Crippen MR) is 124 cm³/mol. The molecule has 4 rings (SSSR count). The number of aromatic nitrogens is 2. The third-order valence-corrected chi connectivity index (χ3v) is 6.78. The van der Waals surface area contributed by atoms with E-state index >= 15 is 0 Å². The lowest BCUT2D eigenvalue weighted by atomic mass is 9.97. The summed E-state index contributed by atoms with van der Waals surface area (Å²) in [5.74, 6) is -0.0541. The van der Waals surface area contributed by atoms with Gasteiger partial charge in [0.2, 0.25) is 0 Å². The first-order valence-corrected chi connectivity index (χ1v) is 11.0. The summed E-state index contributed by atoms with van der Waals surface area (Å²) in [6.45, 7) is 6.06. The molecule has 0 bridgehead atoms. The molecule has 0 radical (unpaired) electrons. The van der Waals surface area contributed by atoms with Crippen LogP contribution in [-0.2, 0) is 19.4 Å². The standard InChI is InChI=1S/C25H24N2O2S/c1-4-17-11-12-18(5-2)20(13-17)21(28)14-27-15-26-24-22(25(27)29)16(3)23(30-24)19-9-7-6-8-10-19/h6-13,15H,4-5,14H2,1-3H3. The van der Waals surface area contributed by atoms with Crippen LogP contribution >= 0.6 is 11.3 Å². The van der Waals surface area contributed by atoms with Crippen molar-refractivity contribution in [3.05, 3.63) is 87.5 Å². The molecular weight excluding hydrogens is 392 g/mol. The number of aryl methyl sites for hydroxylation is 3. The number of nitrogens with zero attached hydrogens (tertiary/aromatic N) is 2. The highest BCUT2D eigenvalue weighted by Crippen LogP contribution is 2.35. The van der Waals surface area contributed by atoms with Crippen LogP contribution in [0.2, 0.25) is 0 Å². The van der Waals surface area contributed by atoms with E-state index in [1.807, 2.05) is 56.3 Å². The number of carbonyl (C=O) groups is 1. The first-order valence-electron chi connectivity index (χ1n) is 10.2. The minimum absolute atomic E-state index is 0.00209. The number of benzene rings is 2. The van der Waals surface area contributed by atoms with Gasteiger partial charge in [0.05, 0.1) is 18.3 Å². The average molecular weight is 417 g/mol. The Bertz CT molecular complexity index is 1290. The second-order valence-electron chi connectivity index (χ2n) is 7.40. The van der Waals surface area contributed by atoms with Crippen molar-refractivity contribution in [3.63, 3.8) is 0 Å². The molecule has 2 aromatic heterocycles. The van der Waals surface area contributed by atoms with Gasteiger partial charge in [-0.15, -0.1) is 11.3 Å². The van der Waals surface area contributed by atoms with Crippen LogP contribution in [0.25, 0.3) is 20.7 Å². The molecule has 0 amide bonds. The molecule has 0 atom stereocenters. The highest BCUT2D eigenvalue weighted by Gasteiger charge is 2.18. The van der Waals surface area contributed by atoms with Gasteiger partial charge >= 0.3 is 0 Å². The second kappa shape index (κ2) is 8.36. The number of rotatable bonds is 6. The summed E-state index contributed by atoms with van der Waals surface area (Å²) in [7, 11) is 0. The van der Waals surface area contributed by atoms with E-state index in [9.17, 15) is 9.59 Å². The predicted octanol–water partition coefficient (Wildman–Crippen LogP) is 5.44. The molecule has 2 aromatic carbocycles. The molecule has 0 aliphatic carbocycles. The number of fused-ring (bicyclic) bond motifs is 1. The Kier molecular flexibility index (Phi) is 5.64. The monoisotopic (exact) mass is 416 g/mol. The average Bonchev–Trinajstić information content (AvgIpc) is 3.12. The Morgan fingerprint density at radius 2 is 1.83 bits per heavy atom. The second-order valence-corrected chi connectivity index (χ2v) is 8.40. The molecule has 4 nitrogen and oxygen atoms in total. The molecule has 0 unspecified atom stereocenters. The summed E-state index contributed by atoms with van der Waals surface area (Å²) in [4.78, 5) is 32.5. The Labute approximate surface area is 179 Å². The molecule has 0 saturated heterocycles. The SMILES string of the molecule is CCc1ccc(CC)c(C(=O)Cn2cnc3sc(-c4ccccc4)c(C)c3c2=O)c1. The maximum Gasteiger partial charge on any atom is 0.262 e. The smallest absolute Gasteiger partial charge is 0.262 e. The number of ketones is 1. The molecule has 0 fully saturated rings. The number of Topliss-reactive ketones (excluding diaryl/α,β-unsaturated/α-hetero) is 1. The third-order valence-electron chi connectivity index (χ3n) is 5.53. The summed E-state index contributed by atoms with van der Waals surface area (Å²) in [5, 5.41) is 0.604. The fourth-order valence-corrected chi connectivity index (χ4v) is 4.93. The van der Waals surface area contributed by atoms with Gasteiger partial charge in [-0.25, -0.2) is 4.98 Å². The highest BCUT2D eigenvalue weighted by molar-refractivity contribution is 7.22. The van der Waals surface area contributed by atoms with E-state index in [4.69, 9.17) is 0 Å². The normalized spacial score (nSPS) is 11.2. The van der Waals surface area contributed by atoms with Gasteiger partial charge in [-0.3, -0.25) is 14.2 Å². The van der Waals surface area contributed by atoms with Crippen molar-refractivity contribution < 1.29 is 4.79 Å². The van der Waals surface area contributed by atoms with Gasteiger partial charge in [-0.05, 0) is 48.1 Å². The molecular formula is C25H24N2O2S. The zero-order valence-corrected chi connectivity index (χ0v) is 18.3. The maximum atomic E-state index is 13.2. The largest absolute Gasteiger partial charge is 0.292 e. The lowest BCUT2D eigenvalue weighted by molar-refractivity contribution is 0.0969. The Balaban J connectivity index is 1.74. The highest BCUT2D eigenvalue weighted by atomic mass is 32.1. The van der Waals surface area contributed by atoms with Gasteiger partial charge < -0.3 is 0 Å². The summed E-state index contributed by atoms with van der Waals surface area (Å²) in [6.07, 6.45) is 3.15. The van der Waals surface area contributed by atoms with Crippen LogP contribution in [0.4, 0.5) is 0 Å². The maximum absolute atomic E-state index is 13.2. The van der Waals surface area contributed by atoms with E-state index in [1.54, 1.807) is 0 Å². The fraction of sp³-hybridized carbons (Fsp3) is 0.240. The van der Waals surface area contributed by atoms with Gasteiger partial charge in [0.15, 0.2) is 5.78 Å². The van der Waals surface area contributed by atoms with Crippen LogP contribution in [0.15, 0.2) is 59.7 Å². The molecule has 4 aromatic rings. The van der Waals surface area contributed by atoms with Crippen molar-refractivity contribution in [1.29, 1.82) is 0 Å². The number of carbonyl (C=O) groups excluding carboxylic acids is 1. The molecule has 0 aliphatic heterocycles. The summed E-state index contributed by atoms with van der Waals surface area (Å²) < 4.78 is 1.44. The summed E-state index contributed by atoms with van der Waals surface area (Å²) in [6, 6.07) is 16.1. The molecule has 0 N–H and O–H groups in total. The first kappa shape index (κ1) is 20.2. The summed E-state index contributed by atoms with van der Waals surface area (Å²) >= 11 is 1.52. The van der Waals surface area contributed by atoms with Crippen LogP contribution in [-0.4, -0.2) is 15.3 Å². The Morgan fingerprint density at radius 1 is 1.07 bits per heavy atom. The third kappa shape index (κ3) is 3.61. The van der Waals surface area contributed by atoms with Crippen LogP contribution in [0, 0.1) is 6.92 Å². The van der Waals surface area contributed by atoms with E-state index < -0.39 is 0 Å². The van der Waals surface area contributed by atoms with Crippen molar-refractivity contribution in [2.75, 3.05) is 0 Å². The van der Waals surface area contributed by atoms with Crippen molar-refractivity contribution in [3.8, 4) is 10.4 Å². The summed E-state index contributed by atoms with van der Waals surface area (Å²) in [5.41, 5.74) is 4.67. The van der Waals surface area contributed by atoms with Crippen LogP contribution in [0.5, 0.6) is 0 Å². The van der Waals surface area contributed by atoms with Crippen LogP contribution < -0.4 is 5.56 Å². The lowest BCUT2D eigenvalue weighted by Crippen LogP contribution is -2.25. The molecule has 30 heavy (non-hydrogen) atoms. The van der Waals surface area contributed by atoms with Crippen LogP contribution in [0.3, 0.4) is 0 Å². The van der Waals surface area contributed by atoms with Crippen molar-refractivity contribution in [1.82, 2.24) is 9.55 Å². The molecule has 0 spiro atoms. The van der Waals surface area contributed by atoms with E-state index in [1.165, 1.54) is 22.2 Å². The van der Waals surface area contributed by atoms with E-state index in [2.05, 4.69) is 18.0 Å². The van der Waals surface area contributed by atoms with Gasteiger partial charge in [-0.1, -0.05) is 56.3 Å². The zero-order chi connectivity index (χ0) is 21.3. The molecule has 0 aliphatic rings. The molecule has 0 saturated carbocycles. The van der Waals surface area contributed by atoms with E-state index in [-0.39, 0.29) is 17.9 Å². The molecule has 2 heterocycles. The molecule has 5 heteroatoms. The minimum Gasteiger partial charge on any atom is -0.292 e. The van der Waals surface area contributed by atoms with Gasteiger partial charge in [0.25, 0.3) is 5.56 Å². The molecule has 152 valence electrons. The van der Waals surface area contributed by atoms with Gasteiger partial charge in [-0.2, -0.15) is 0 Å². The van der Waals surface area contributed by atoms with E-state index in [0.717, 1.165) is 40.0 Å². The van der Waals surface area contributed by atoms with Crippen molar-refractivity contribution >= 4 is 27.3 Å². The van der Waals surface area contributed by atoms with Gasteiger partial charge in [0.1, 0.15) is 4.83 Å².